The number of nitrogens with two attached hydrogens (primary N) is 1. The first-order chi connectivity index (χ1) is 8.66. The molecule has 4 N–H and O–H groups in total. The summed E-state index contributed by atoms with van der Waals surface area (Å²) in [6.07, 6.45) is 5.14. The van der Waals surface area contributed by atoms with E-state index in [0.717, 1.165) is 12.4 Å². The summed E-state index contributed by atoms with van der Waals surface area (Å²) in [4.78, 5) is 6.72. The Hall–Kier alpha value is -1.33. The van der Waals surface area contributed by atoms with Crippen molar-refractivity contribution in [2.45, 2.75) is 31.2 Å². The van der Waals surface area contributed by atoms with E-state index in [-0.39, 0.29) is 5.54 Å². The molecule has 1 aromatic rings. The number of aromatic nitrogens is 1. The Balaban J connectivity index is 2.01. The van der Waals surface area contributed by atoms with Gasteiger partial charge in [0.2, 0.25) is 0 Å². The molecule has 0 bridgehead atoms. The highest BCUT2D eigenvalue weighted by Gasteiger charge is 2.35. The highest BCUT2D eigenvalue weighted by molar-refractivity contribution is 5.44. The summed E-state index contributed by atoms with van der Waals surface area (Å²) >= 11 is 0. The van der Waals surface area contributed by atoms with E-state index in [9.17, 15) is 0 Å². The SMILES string of the molecule is CN(C)C1(CNc2cccc(NN)n2)CCCC1. The maximum atomic E-state index is 5.36. The summed E-state index contributed by atoms with van der Waals surface area (Å²) in [7, 11) is 4.33. The standard InChI is InChI=1S/C13H23N5/c1-18(2)13(8-3-4-9-13)10-15-11-6-5-7-12(16-11)17-14/h5-7H,3-4,8-10,14H2,1-2H3,(H2,15,16,17). The maximum Gasteiger partial charge on any atom is 0.142 e. The van der Waals surface area contributed by atoms with Crippen molar-refractivity contribution in [3.05, 3.63) is 18.2 Å². The molecule has 2 rings (SSSR count). The lowest BCUT2D eigenvalue weighted by molar-refractivity contribution is 0.172. The fraction of sp³-hybridized carbons (Fsp3) is 0.615. The fourth-order valence-electron chi connectivity index (χ4n) is 2.68. The molecule has 0 amide bonds. The number of nitrogen functional groups attached to an aromatic ring is 1. The number of anilines is 2. The zero-order chi connectivity index (χ0) is 13.0. The van der Waals surface area contributed by atoms with Gasteiger partial charge in [-0.15, -0.1) is 0 Å². The number of hydrogen-bond donors (Lipinski definition) is 3. The summed E-state index contributed by atoms with van der Waals surface area (Å²) in [6, 6.07) is 5.77. The van der Waals surface area contributed by atoms with Crippen LogP contribution in [0.5, 0.6) is 0 Å². The molecule has 1 aromatic heterocycles. The molecule has 1 fully saturated rings. The van der Waals surface area contributed by atoms with E-state index in [0.29, 0.717) is 5.82 Å². The van der Waals surface area contributed by atoms with Crippen molar-refractivity contribution in [1.82, 2.24) is 9.88 Å². The second-order valence-electron chi connectivity index (χ2n) is 5.23. The van der Waals surface area contributed by atoms with Crippen LogP contribution >= 0.6 is 0 Å². The van der Waals surface area contributed by atoms with Crippen LogP contribution in [0.3, 0.4) is 0 Å². The summed E-state index contributed by atoms with van der Waals surface area (Å²) in [5.74, 6) is 6.92. The van der Waals surface area contributed by atoms with Crippen LogP contribution < -0.4 is 16.6 Å². The average molecular weight is 249 g/mol. The molecule has 0 radical (unpaired) electrons. The highest BCUT2D eigenvalue weighted by atomic mass is 15.3. The van der Waals surface area contributed by atoms with Gasteiger partial charge in [0.1, 0.15) is 11.6 Å². The highest BCUT2D eigenvalue weighted by Crippen LogP contribution is 2.33. The minimum absolute atomic E-state index is 0.272. The number of likely N-dealkylation sites (N-methyl/N-ethyl adjacent to an activating group) is 1. The fourth-order valence-corrected chi connectivity index (χ4v) is 2.68. The normalized spacial score (nSPS) is 18.0. The van der Waals surface area contributed by atoms with Crippen LogP contribution in [0.15, 0.2) is 18.2 Å². The van der Waals surface area contributed by atoms with Gasteiger partial charge in [0.15, 0.2) is 0 Å². The predicted molar refractivity (Wildman–Crippen MR) is 75.4 cm³/mol. The molecule has 0 atom stereocenters. The summed E-state index contributed by atoms with van der Waals surface area (Å²) < 4.78 is 0. The first kappa shape index (κ1) is 13.1. The van der Waals surface area contributed by atoms with Gasteiger partial charge < -0.3 is 15.6 Å². The third-order valence-corrected chi connectivity index (χ3v) is 3.98. The van der Waals surface area contributed by atoms with Crippen molar-refractivity contribution in [2.24, 2.45) is 5.84 Å². The summed E-state index contributed by atoms with van der Waals surface area (Å²) in [6.45, 7) is 0.932. The van der Waals surface area contributed by atoms with Crippen LogP contribution in [0.4, 0.5) is 11.6 Å². The summed E-state index contributed by atoms with van der Waals surface area (Å²) in [5, 5.41) is 3.44. The van der Waals surface area contributed by atoms with Gasteiger partial charge in [0.05, 0.1) is 0 Å². The van der Waals surface area contributed by atoms with Crippen LogP contribution in [0.2, 0.25) is 0 Å². The average Bonchev–Trinajstić information content (AvgIpc) is 2.87. The number of nitrogens with zero attached hydrogens (tertiary/aromatic N) is 2. The van der Waals surface area contributed by atoms with Gasteiger partial charge in [-0.1, -0.05) is 18.9 Å². The van der Waals surface area contributed by atoms with E-state index in [1.807, 2.05) is 18.2 Å². The van der Waals surface area contributed by atoms with Gasteiger partial charge in [0.25, 0.3) is 0 Å². The Morgan fingerprint density at radius 1 is 1.28 bits per heavy atom. The lowest BCUT2D eigenvalue weighted by Crippen LogP contribution is -2.47. The third-order valence-electron chi connectivity index (χ3n) is 3.98. The molecule has 0 spiro atoms. The second kappa shape index (κ2) is 5.54. The van der Waals surface area contributed by atoms with Crippen LogP contribution in [0.25, 0.3) is 0 Å². The molecule has 0 unspecified atom stereocenters. The Morgan fingerprint density at radius 3 is 2.56 bits per heavy atom. The lowest BCUT2D eigenvalue weighted by atomic mass is 9.96. The van der Waals surface area contributed by atoms with Gasteiger partial charge in [-0.2, -0.15) is 0 Å². The largest absolute Gasteiger partial charge is 0.368 e. The number of hydrogen-bond acceptors (Lipinski definition) is 5. The van der Waals surface area contributed by atoms with E-state index in [1.165, 1.54) is 25.7 Å². The predicted octanol–water partition coefficient (Wildman–Crippen LogP) is 1.65. The van der Waals surface area contributed by atoms with Gasteiger partial charge >= 0.3 is 0 Å². The Labute approximate surface area is 109 Å². The molecule has 1 aliphatic rings. The van der Waals surface area contributed by atoms with E-state index >= 15 is 0 Å². The van der Waals surface area contributed by atoms with Crippen molar-refractivity contribution < 1.29 is 0 Å². The number of nitrogens with one attached hydrogen (secondary N) is 2. The number of hydrazine groups is 1. The number of pyridine rings is 1. The Kier molecular flexibility index (Phi) is 4.04. The molecule has 1 aliphatic carbocycles. The van der Waals surface area contributed by atoms with Crippen LogP contribution in [0, 0.1) is 0 Å². The van der Waals surface area contributed by atoms with E-state index < -0.39 is 0 Å². The van der Waals surface area contributed by atoms with Crippen molar-refractivity contribution in [3.8, 4) is 0 Å². The minimum atomic E-state index is 0.272. The molecule has 5 heteroatoms. The molecule has 0 saturated heterocycles. The molecule has 1 heterocycles. The Morgan fingerprint density at radius 2 is 1.94 bits per heavy atom. The topological polar surface area (TPSA) is 66.2 Å². The molecule has 5 nitrogen and oxygen atoms in total. The second-order valence-corrected chi connectivity index (χ2v) is 5.23. The maximum absolute atomic E-state index is 5.36. The smallest absolute Gasteiger partial charge is 0.142 e. The van der Waals surface area contributed by atoms with Gasteiger partial charge in [-0.25, -0.2) is 10.8 Å². The van der Waals surface area contributed by atoms with Gasteiger partial charge in [0, 0.05) is 12.1 Å². The van der Waals surface area contributed by atoms with Crippen molar-refractivity contribution >= 4 is 11.6 Å². The number of rotatable bonds is 5. The van der Waals surface area contributed by atoms with Crippen LogP contribution in [-0.2, 0) is 0 Å². The zero-order valence-corrected chi connectivity index (χ0v) is 11.2. The quantitative estimate of drug-likeness (QED) is 0.547. The molecule has 18 heavy (non-hydrogen) atoms. The molecule has 0 aliphatic heterocycles. The lowest BCUT2D eigenvalue weighted by Gasteiger charge is -2.36. The van der Waals surface area contributed by atoms with Crippen molar-refractivity contribution in [3.63, 3.8) is 0 Å². The van der Waals surface area contributed by atoms with Crippen LogP contribution in [0.1, 0.15) is 25.7 Å². The van der Waals surface area contributed by atoms with Gasteiger partial charge in [-0.3, -0.25) is 0 Å². The molecular formula is C13H23N5. The Bertz CT molecular complexity index is 385. The first-order valence-corrected chi connectivity index (χ1v) is 6.51. The molecule has 0 aromatic carbocycles. The zero-order valence-electron chi connectivity index (χ0n) is 11.2. The van der Waals surface area contributed by atoms with E-state index in [1.54, 1.807) is 0 Å². The molecular weight excluding hydrogens is 226 g/mol. The van der Waals surface area contributed by atoms with E-state index in [2.05, 4.69) is 34.7 Å². The van der Waals surface area contributed by atoms with Crippen LogP contribution in [-0.4, -0.2) is 36.1 Å². The molecule has 1 saturated carbocycles. The monoisotopic (exact) mass is 249 g/mol. The van der Waals surface area contributed by atoms with Crippen molar-refractivity contribution in [2.75, 3.05) is 31.4 Å². The van der Waals surface area contributed by atoms with Gasteiger partial charge in [-0.05, 0) is 39.1 Å². The first-order valence-electron chi connectivity index (χ1n) is 6.51. The summed E-state index contributed by atoms with van der Waals surface area (Å²) in [5.41, 5.74) is 2.84. The molecule has 100 valence electrons. The minimum Gasteiger partial charge on any atom is -0.368 e. The van der Waals surface area contributed by atoms with E-state index in [4.69, 9.17) is 5.84 Å². The van der Waals surface area contributed by atoms with Crippen molar-refractivity contribution in [1.29, 1.82) is 0 Å². The third kappa shape index (κ3) is 2.73.